The number of aryl methyl sites for hydroxylation is 2. The number of nitrogens with zero attached hydrogens (tertiary/aromatic N) is 5. The number of hydrogen-bond acceptors (Lipinski definition) is 5. The maximum atomic E-state index is 13.9. The van der Waals surface area contributed by atoms with Crippen molar-refractivity contribution in [1.29, 1.82) is 0 Å². The third-order valence-electron chi connectivity index (χ3n) is 8.34. The average Bonchev–Trinajstić information content (AvgIpc) is 3.67. The van der Waals surface area contributed by atoms with Crippen molar-refractivity contribution in [3.8, 4) is 0 Å². The van der Waals surface area contributed by atoms with E-state index in [1.807, 2.05) is 16.8 Å². The summed E-state index contributed by atoms with van der Waals surface area (Å²) in [5.74, 6) is 0.740. The van der Waals surface area contributed by atoms with Gasteiger partial charge in [0.15, 0.2) is 5.82 Å². The SMILES string of the molecule is Cc1cc2cc([C@H](c3nnnn3C3CCCC3)N(CCc3ccccc3)Cc3ccccc3)c(=O)[nH]c2cc1C. The van der Waals surface area contributed by atoms with Gasteiger partial charge in [-0.25, -0.2) is 4.68 Å². The Morgan fingerprint density at radius 2 is 1.60 bits per heavy atom. The van der Waals surface area contributed by atoms with E-state index in [1.165, 1.54) is 29.5 Å². The van der Waals surface area contributed by atoms with Crippen LogP contribution in [0.2, 0.25) is 0 Å². The van der Waals surface area contributed by atoms with E-state index in [4.69, 9.17) is 0 Å². The standard InChI is InChI=1S/C33H36N6O/c1-23-19-27-21-29(33(40)34-30(27)20-24(23)2)31(32-35-36-37-39(32)28-15-9-10-16-28)38(22-26-13-7-4-8-14-26)18-17-25-11-5-3-6-12-25/h3-8,11-14,19-21,28,31H,9-10,15-18,22H2,1-2H3,(H,34,40)/t31-/m1/s1. The van der Waals surface area contributed by atoms with Gasteiger partial charge in [0.25, 0.3) is 5.56 Å². The van der Waals surface area contributed by atoms with Crippen molar-refractivity contribution < 1.29 is 0 Å². The van der Waals surface area contributed by atoms with Gasteiger partial charge in [0.1, 0.15) is 6.04 Å². The number of hydrogen-bond donors (Lipinski definition) is 1. The molecule has 1 aliphatic rings. The number of aromatic nitrogens is 5. The maximum Gasteiger partial charge on any atom is 0.253 e. The van der Waals surface area contributed by atoms with Gasteiger partial charge in [-0.2, -0.15) is 0 Å². The molecule has 1 saturated carbocycles. The summed E-state index contributed by atoms with van der Waals surface area (Å²) >= 11 is 0. The van der Waals surface area contributed by atoms with Crippen molar-refractivity contribution in [2.45, 2.75) is 64.6 Å². The van der Waals surface area contributed by atoms with Crippen LogP contribution in [0.3, 0.4) is 0 Å². The van der Waals surface area contributed by atoms with Crippen molar-refractivity contribution in [3.63, 3.8) is 0 Å². The van der Waals surface area contributed by atoms with Crippen LogP contribution < -0.4 is 5.56 Å². The molecule has 7 nitrogen and oxygen atoms in total. The maximum absolute atomic E-state index is 13.9. The second-order valence-electron chi connectivity index (χ2n) is 11.1. The van der Waals surface area contributed by atoms with Crippen molar-refractivity contribution in [1.82, 2.24) is 30.1 Å². The highest BCUT2D eigenvalue weighted by Crippen LogP contribution is 2.34. The average molecular weight is 533 g/mol. The third-order valence-corrected chi connectivity index (χ3v) is 8.34. The van der Waals surface area contributed by atoms with E-state index < -0.39 is 6.04 Å². The summed E-state index contributed by atoms with van der Waals surface area (Å²) < 4.78 is 2.00. The van der Waals surface area contributed by atoms with Gasteiger partial charge in [0.2, 0.25) is 0 Å². The molecule has 0 bridgehead atoms. The lowest BCUT2D eigenvalue weighted by Crippen LogP contribution is -2.36. The van der Waals surface area contributed by atoms with Crippen LogP contribution in [0.5, 0.6) is 0 Å². The highest BCUT2D eigenvalue weighted by Gasteiger charge is 2.33. The summed E-state index contributed by atoms with van der Waals surface area (Å²) in [5, 5.41) is 14.3. The molecule has 1 N–H and O–H groups in total. The molecule has 40 heavy (non-hydrogen) atoms. The quantitative estimate of drug-likeness (QED) is 0.249. The van der Waals surface area contributed by atoms with Crippen LogP contribution in [0.4, 0.5) is 0 Å². The normalized spacial score (nSPS) is 14.8. The Morgan fingerprint density at radius 3 is 2.33 bits per heavy atom. The summed E-state index contributed by atoms with van der Waals surface area (Å²) in [5.41, 5.74) is 6.23. The zero-order chi connectivity index (χ0) is 27.5. The fourth-order valence-electron chi connectivity index (χ4n) is 6.02. The first-order valence-corrected chi connectivity index (χ1v) is 14.3. The number of nitrogens with one attached hydrogen (secondary N) is 1. The Morgan fingerprint density at radius 1 is 0.925 bits per heavy atom. The predicted octanol–water partition coefficient (Wildman–Crippen LogP) is 6.08. The van der Waals surface area contributed by atoms with Gasteiger partial charge in [-0.05, 0) is 89.4 Å². The number of benzene rings is 3. The minimum absolute atomic E-state index is 0.0977. The Hall–Kier alpha value is -4.10. The molecule has 0 amide bonds. The summed E-state index contributed by atoms with van der Waals surface area (Å²) in [7, 11) is 0. The van der Waals surface area contributed by atoms with Crippen molar-refractivity contribution in [2.24, 2.45) is 0 Å². The Bertz CT molecular complexity index is 1640. The van der Waals surface area contributed by atoms with Crippen molar-refractivity contribution in [2.75, 3.05) is 6.54 Å². The second kappa shape index (κ2) is 11.6. The number of aromatic amines is 1. The van der Waals surface area contributed by atoms with E-state index in [9.17, 15) is 4.79 Å². The first-order valence-electron chi connectivity index (χ1n) is 14.3. The molecule has 0 saturated heterocycles. The molecule has 0 radical (unpaired) electrons. The van der Waals surface area contributed by atoms with E-state index in [2.05, 4.69) is 106 Å². The van der Waals surface area contributed by atoms with Crippen LogP contribution in [0.1, 0.15) is 71.4 Å². The fourth-order valence-corrected chi connectivity index (χ4v) is 6.02. The number of rotatable bonds is 9. The molecule has 6 rings (SSSR count). The molecule has 0 unspecified atom stereocenters. The zero-order valence-electron chi connectivity index (χ0n) is 23.3. The van der Waals surface area contributed by atoms with Gasteiger partial charge in [0, 0.05) is 24.2 Å². The first kappa shape index (κ1) is 26.1. The summed E-state index contributed by atoms with van der Waals surface area (Å²) in [6.07, 6.45) is 5.30. The fraction of sp³-hybridized carbons (Fsp3) is 0.333. The predicted molar refractivity (Wildman–Crippen MR) is 158 cm³/mol. The second-order valence-corrected chi connectivity index (χ2v) is 11.1. The van der Waals surface area contributed by atoms with Gasteiger partial charge >= 0.3 is 0 Å². The van der Waals surface area contributed by atoms with Gasteiger partial charge in [-0.15, -0.1) is 5.10 Å². The Kier molecular flexibility index (Phi) is 7.55. The van der Waals surface area contributed by atoms with Crippen molar-refractivity contribution >= 4 is 10.9 Å². The van der Waals surface area contributed by atoms with Gasteiger partial charge in [-0.1, -0.05) is 73.5 Å². The molecule has 2 aromatic heterocycles. The number of fused-ring (bicyclic) bond motifs is 1. The molecule has 1 atom stereocenters. The molecular formula is C33H36N6O. The minimum atomic E-state index is -0.408. The van der Waals surface area contributed by atoms with Gasteiger partial charge < -0.3 is 4.98 Å². The minimum Gasteiger partial charge on any atom is -0.322 e. The highest BCUT2D eigenvalue weighted by atomic mass is 16.1. The lowest BCUT2D eigenvalue weighted by atomic mass is 9.99. The molecule has 7 heteroatoms. The third kappa shape index (κ3) is 5.47. The topological polar surface area (TPSA) is 79.7 Å². The number of pyridine rings is 1. The van der Waals surface area contributed by atoms with Crippen LogP contribution in [0.15, 0.2) is 83.7 Å². The lowest BCUT2D eigenvalue weighted by molar-refractivity contribution is 0.201. The Labute approximate surface area is 234 Å². The molecule has 3 aromatic carbocycles. The molecule has 1 fully saturated rings. The first-order chi connectivity index (χ1) is 19.6. The van der Waals surface area contributed by atoms with Crippen LogP contribution >= 0.6 is 0 Å². The molecule has 0 aliphatic heterocycles. The molecule has 204 valence electrons. The summed E-state index contributed by atoms with van der Waals surface area (Å²) in [6.45, 7) is 5.59. The van der Waals surface area contributed by atoms with E-state index in [1.54, 1.807) is 0 Å². The monoisotopic (exact) mass is 532 g/mol. The zero-order valence-corrected chi connectivity index (χ0v) is 23.3. The van der Waals surface area contributed by atoms with Crippen LogP contribution in [0, 0.1) is 13.8 Å². The molecule has 0 spiro atoms. The number of tetrazole rings is 1. The van der Waals surface area contributed by atoms with E-state index >= 15 is 0 Å². The van der Waals surface area contributed by atoms with E-state index in [0.717, 1.165) is 48.1 Å². The van der Waals surface area contributed by atoms with Gasteiger partial charge in [-0.3, -0.25) is 9.69 Å². The van der Waals surface area contributed by atoms with Crippen molar-refractivity contribution in [3.05, 3.63) is 123 Å². The lowest BCUT2D eigenvalue weighted by Gasteiger charge is -2.32. The highest BCUT2D eigenvalue weighted by molar-refractivity contribution is 5.81. The van der Waals surface area contributed by atoms with Crippen LogP contribution in [-0.4, -0.2) is 36.6 Å². The molecule has 5 aromatic rings. The van der Waals surface area contributed by atoms with E-state index in [0.29, 0.717) is 12.1 Å². The summed E-state index contributed by atoms with van der Waals surface area (Å²) in [6, 6.07) is 27.1. The molecular weight excluding hydrogens is 496 g/mol. The number of H-pyrrole nitrogens is 1. The molecule has 1 aliphatic carbocycles. The largest absolute Gasteiger partial charge is 0.322 e. The Balaban J connectivity index is 1.50. The smallest absolute Gasteiger partial charge is 0.253 e. The van der Waals surface area contributed by atoms with Gasteiger partial charge in [0.05, 0.1) is 6.04 Å². The van der Waals surface area contributed by atoms with Crippen LogP contribution in [-0.2, 0) is 13.0 Å². The summed E-state index contributed by atoms with van der Waals surface area (Å²) in [4.78, 5) is 19.4. The van der Waals surface area contributed by atoms with E-state index in [-0.39, 0.29) is 11.6 Å². The van der Waals surface area contributed by atoms with Crippen LogP contribution in [0.25, 0.3) is 10.9 Å². The molecule has 2 heterocycles.